The molecular formula is C14H21BrN2. The highest BCUT2D eigenvalue weighted by Gasteiger charge is 2.11. The van der Waals surface area contributed by atoms with Crippen molar-refractivity contribution in [3.05, 3.63) is 28.2 Å². The maximum Gasteiger partial charge on any atom is 0.0351 e. The largest absolute Gasteiger partial charge is 0.385 e. The van der Waals surface area contributed by atoms with Gasteiger partial charge in [0.05, 0.1) is 0 Å². The zero-order valence-corrected chi connectivity index (χ0v) is 12.0. The van der Waals surface area contributed by atoms with Crippen LogP contribution in [0.1, 0.15) is 24.8 Å². The van der Waals surface area contributed by atoms with Gasteiger partial charge in [0.15, 0.2) is 0 Å². The van der Waals surface area contributed by atoms with Crippen molar-refractivity contribution in [2.75, 3.05) is 25.0 Å². The lowest BCUT2D eigenvalue weighted by molar-refractivity contribution is 0.364. The molecule has 1 fully saturated rings. The molecule has 0 radical (unpaired) electrons. The molecule has 0 spiro atoms. The Morgan fingerprint density at radius 2 is 2.35 bits per heavy atom. The van der Waals surface area contributed by atoms with E-state index in [1.807, 2.05) is 0 Å². The first kappa shape index (κ1) is 12.9. The Bertz CT molecular complexity index is 359. The molecule has 1 aliphatic heterocycles. The van der Waals surface area contributed by atoms with E-state index >= 15 is 0 Å². The molecule has 0 saturated carbocycles. The van der Waals surface area contributed by atoms with Gasteiger partial charge in [-0.3, -0.25) is 0 Å². The van der Waals surface area contributed by atoms with Crippen LogP contribution >= 0.6 is 15.9 Å². The average Bonchev–Trinajstić information content (AvgIpc) is 2.35. The van der Waals surface area contributed by atoms with E-state index in [0.29, 0.717) is 0 Å². The van der Waals surface area contributed by atoms with E-state index in [2.05, 4.69) is 51.7 Å². The van der Waals surface area contributed by atoms with E-state index in [-0.39, 0.29) is 0 Å². The summed E-state index contributed by atoms with van der Waals surface area (Å²) in [6.07, 6.45) is 3.98. The summed E-state index contributed by atoms with van der Waals surface area (Å²) in [5.74, 6) is 0.852. The van der Waals surface area contributed by atoms with Gasteiger partial charge >= 0.3 is 0 Å². The van der Waals surface area contributed by atoms with Gasteiger partial charge in [-0.05, 0) is 62.9 Å². The number of rotatable bonds is 4. The SMILES string of the molecule is Cc1ccc(NCCC2CCCNC2)cc1Br. The predicted molar refractivity (Wildman–Crippen MR) is 77.6 cm³/mol. The van der Waals surface area contributed by atoms with Crippen molar-refractivity contribution >= 4 is 21.6 Å². The molecule has 94 valence electrons. The molecule has 2 nitrogen and oxygen atoms in total. The van der Waals surface area contributed by atoms with Crippen LogP contribution < -0.4 is 10.6 Å². The number of anilines is 1. The molecule has 0 amide bonds. The van der Waals surface area contributed by atoms with Gasteiger partial charge in [-0.15, -0.1) is 0 Å². The van der Waals surface area contributed by atoms with Crippen LogP contribution in [-0.2, 0) is 0 Å². The number of hydrogen-bond donors (Lipinski definition) is 2. The van der Waals surface area contributed by atoms with Gasteiger partial charge in [0.2, 0.25) is 0 Å². The minimum atomic E-state index is 0.852. The minimum absolute atomic E-state index is 0.852. The summed E-state index contributed by atoms with van der Waals surface area (Å²) in [6.45, 7) is 5.58. The molecule has 0 aliphatic carbocycles. The van der Waals surface area contributed by atoms with Gasteiger partial charge in [-0.2, -0.15) is 0 Å². The number of benzene rings is 1. The fraction of sp³-hybridized carbons (Fsp3) is 0.571. The summed E-state index contributed by atoms with van der Waals surface area (Å²) in [6, 6.07) is 6.46. The third-order valence-corrected chi connectivity index (χ3v) is 4.31. The standard InChI is InChI=1S/C14H21BrN2/c1-11-4-5-13(9-14(11)15)17-8-6-12-3-2-7-16-10-12/h4-5,9,12,16-17H,2-3,6-8,10H2,1H3. The van der Waals surface area contributed by atoms with Crippen LogP contribution in [0.4, 0.5) is 5.69 Å². The Morgan fingerprint density at radius 1 is 1.47 bits per heavy atom. The number of hydrogen-bond acceptors (Lipinski definition) is 2. The van der Waals surface area contributed by atoms with Crippen LogP contribution in [0.3, 0.4) is 0 Å². The monoisotopic (exact) mass is 296 g/mol. The molecule has 17 heavy (non-hydrogen) atoms. The lowest BCUT2D eigenvalue weighted by Gasteiger charge is -2.22. The molecule has 0 bridgehead atoms. The zero-order valence-electron chi connectivity index (χ0n) is 10.4. The number of aryl methyl sites for hydroxylation is 1. The molecule has 2 N–H and O–H groups in total. The van der Waals surface area contributed by atoms with Crippen LogP contribution in [-0.4, -0.2) is 19.6 Å². The maximum atomic E-state index is 3.56. The summed E-state index contributed by atoms with van der Waals surface area (Å²) in [7, 11) is 0. The molecule has 1 heterocycles. The second kappa shape index (κ2) is 6.41. The maximum absolute atomic E-state index is 3.56. The fourth-order valence-corrected chi connectivity index (χ4v) is 2.67. The van der Waals surface area contributed by atoms with Crippen molar-refractivity contribution < 1.29 is 0 Å². The molecule has 2 rings (SSSR count). The summed E-state index contributed by atoms with van der Waals surface area (Å²) in [4.78, 5) is 0. The first-order chi connectivity index (χ1) is 8.25. The molecule has 1 aromatic rings. The molecule has 1 aliphatic rings. The number of piperidine rings is 1. The van der Waals surface area contributed by atoms with E-state index in [4.69, 9.17) is 0 Å². The molecule has 1 unspecified atom stereocenters. The molecular weight excluding hydrogens is 276 g/mol. The quantitative estimate of drug-likeness (QED) is 0.888. The molecule has 0 aromatic heterocycles. The van der Waals surface area contributed by atoms with Crippen molar-refractivity contribution in [2.45, 2.75) is 26.2 Å². The van der Waals surface area contributed by atoms with E-state index in [1.165, 1.54) is 48.1 Å². The second-order valence-corrected chi connectivity index (χ2v) is 5.75. The topological polar surface area (TPSA) is 24.1 Å². The third kappa shape index (κ3) is 4.00. The van der Waals surface area contributed by atoms with Crippen LogP contribution in [0.5, 0.6) is 0 Å². The van der Waals surface area contributed by atoms with Crippen LogP contribution in [0, 0.1) is 12.8 Å². The van der Waals surface area contributed by atoms with Crippen molar-refractivity contribution in [1.82, 2.24) is 5.32 Å². The van der Waals surface area contributed by atoms with Gasteiger partial charge in [0.1, 0.15) is 0 Å². The van der Waals surface area contributed by atoms with Gasteiger partial charge in [0.25, 0.3) is 0 Å². The summed E-state index contributed by atoms with van der Waals surface area (Å²) in [5, 5.41) is 6.97. The lowest BCUT2D eigenvalue weighted by atomic mass is 9.96. The Hall–Kier alpha value is -0.540. The van der Waals surface area contributed by atoms with Crippen LogP contribution in [0.15, 0.2) is 22.7 Å². The van der Waals surface area contributed by atoms with Crippen molar-refractivity contribution in [3.8, 4) is 0 Å². The predicted octanol–water partition coefficient (Wildman–Crippen LogP) is 3.56. The average molecular weight is 297 g/mol. The van der Waals surface area contributed by atoms with E-state index < -0.39 is 0 Å². The van der Waals surface area contributed by atoms with E-state index in [9.17, 15) is 0 Å². The number of nitrogens with one attached hydrogen (secondary N) is 2. The highest BCUT2D eigenvalue weighted by molar-refractivity contribution is 9.10. The lowest BCUT2D eigenvalue weighted by Crippen LogP contribution is -2.30. The Morgan fingerprint density at radius 3 is 3.06 bits per heavy atom. The van der Waals surface area contributed by atoms with E-state index in [1.54, 1.807) is 0 Å². The summed E-state index contributed by atoms with van der Waals surface area (Å²) >= 11 is 3.56. The highest BCUT2D eigenvalue weighted by Crippen LogP contribution is 2.21. The van der Waals surface area contributed by atoms with Crippen molar-refractivity contribution in [2.24, 2.45) is 5.92 Å². The van der Waals surface area contributed by atoms with E-state index in [0.717, 1.165) is 12.5 Å². The Kier molecular flexibility index (Phi) is 4.86. The zero-order chi connectivity index (χ0) is 12.1. The van der Waals surface area contributed by atoms with Crippen molar-refractivity contribution in [3.63, 3.8) is 0 Å². The molecule has 1 atom stereocenters. The Labute approximate surface area is 112 Å². The molecule has 3 heteroatoms. The second-order valence-electron chi connectivity index (χ2n) is 4.89. The Balaban J connectivity index is 1.75. The van der Waals surface area contributed by atoms with Gasteiger partial charge < -0.3 is 10.6 Å². The van der Waals surface area contributed by atoms with Gasteiger partial charge in [0, 0.05) is 16.7 Å². The fourth-order valence-electron chi connectivity index (χ4n) is 2.29. The minimum Gasteiger partial charge on any atom is -0.385 e. The third-order valence-electron chi connectivity index (χ3n) is 3.45. The summed E-state index contributed by atoms with van der Waals surface area (Å²) < 4.78 is 1.18. The smallest absolute Gasteiger partial charge is 0.0351 e. The van der Waals surface area contributed by atoms with Gasteiger partial charge in [-0.25, -0.2) is 0 Å². The number of halogens is 1. The highest BCUT2D eigenvalue weighted by atomic mass is 79.9. The molecule has 1 saturated heterocycles. The van der Waals surface area contributed by atoms with Crippen molar-refractivity contribution in [1.29, 1.82) is 0 Å². The summed E-state index contributed by atoms with van der Waals surface area (Å²) in [5.41, 5.74) is 2.50. The van der Waals surface area contributed by atoms with Gasteiger partial charge in [-0.1, -0.05) is 22.0 Å². The normalized spacial score (nSPS) is 20.2. The van der Waals surface area contributed by atoms with Crippen LogP contribution in [0.2, 0.25) is 0 Å². The molecule has 1 aromatic carbocycles. The first-order valence-corrected chi connectivity index (χ1v) is 7.26. The first-order valence-electron chi connectivity index (χ1n) is 6.46. The van der Waals surface area contributed by atoms with Crippen LogP contribution in [0.25, 0.3) is 0 Å².